The molecule has 7 heteroatoms. The van der Waals surface area contributed by atoms with Crippen LogP contribution < -0.4 is 10.6 Å². The molecule has 2 rings (SSSR count). The van der Waals surface area contributed by atoms with E-state index in [4.69, 9.17) is 9.47 Å². The molecular formula is C38H50N2O5. The Labute approximate surface area is 269 Å². The number of ether oxygens (including phenoxy) is 2. The second-order valence-corrected chi connectivity index (χ2v) is 10.6. The minimum Gasteiger partial charge on any atom is -0.459 e. The summed E-state index contributed by atoms with van der Waals surface area (Å²) in [4.78, 5) is 36.7. The van der Waals surface area contributed by atoms with Gasteiger partial charge in [0.2, 0.25) is 17.6 Å². The third-order valence-corrected chi connectivity index (χ3v) is 6.81. The van der Waals surface area contributed by atoms with E-state index < -0.39 is 5.60 Å². The SMILES string of the molecule is CC/C=C\C/C=C\C/C=C\C/C=C\C/C=C\C/C=C\CCC(=O)NCCOCCC(=O)NC1=CC(=O)C(C)(c2ccccc2)O1. The van der Waals surface area contributed by atoms with Gasteiger partial charge in [-0.05, 0) is 51.9 Å². The van der Waals surface area contributed by atoms with Gasteiger partial charge >= 0.3 is 0 Å². The number of rotatable bonds is 22. The van der Waals surface area contributed by atoms with Crippen LogP contribution in [0.25, 0.3) is 0 Å². The normalized spacial score (nSPS) is 17.0. The zero-order valence-electron chi connectivity index (χ0n) is 26.9. The Kier molecular flexibility index (Phi) is 19.0. The Morgan fingerprint density at radius 3 is 1.89 bits per heavy atom. The molecule has 7 nitrogen and oxygen atoms in total. The molecule has 1 atom stereocenters. The molecule has 1 unspecified atom stereocenters. The number of ketones is 1. The number of carbonyl (C=O) groups excluding carboxylic acids is 3. The zero-order valence-corrected chi connectivity index (χ0v) is 26.9. The van der Waals surface area contributed by atoms with Gasteiger partial charge in [-0.15, -0.1) is 0 Å². The molecule has 2 amide bonds. The molecular weight excluding hydrogens is 564 g/mol. The highest BCUT2D eigenvalue weighted by molar-refractivity contribution is 6.00. The molecule has 1 aromatic rings. The van der Waals surface area contributed by atoms with Crippen LogP contribution in [-0.2, 0) is 29.5 Å². The lowest BCUT2D eigenvalue weighted by Crippen LogP contribution is -2.32. The molecule has 0 aromatic heterocycles. The predicted molar refractivity (Wildman–Crippen MR) is 182 cm³/mol. The molecule has 0 bridgehead atoms. The van der Waals surface area contributed by atoms with E-state index in [0.29, 0.717) is 26.0 Å². The Hall–Kier alpha value is -4.23. The fourth-order valence-corrected chi connectivity index (χ4v) is 4.25. The van der Waals surface area contributed by atoms with Crippen LogP contribution in [0.4, 0.5) is 0 Å². The molecule has 0 saturated heterocycles. The molecule has 0 saturated carbocycles. The van der Waals surface area contributed by atoms with Crippen LogP contribution in [0.5, 0.6) is 0 Å². The van der Waals surface area contributed by atoms with E-state index in [-0.39, 0.29) is 36.5 Å². The van der Waals surface area contributed by atoms with E-state index in [1.54, 1.807) is 6.92 Å². The van der Waals surface area contributed by atoms with E-state index in [2.05, 4.69) is 84.4 Å². The molecule has 0 radical (unpaired) electrons. The second kappa shape index (κ2) is 23.2. The maximum Gasteiger partial charge on any atom is 0.228 e. The number of allylic oxidation sites excluding steroid dienone is 12. The highest BCUT2D eigenvalue weighted by Gasteiger charge is 2.42. The van der Waals surface area contributed by atoms with Crippen molar-refractivity contribution in [1.29, 1.82) is 0 Å². The molecule has 2 N–H and O–H groups in total. The number of amides is 2. The first kappa shape index (κ1) is 37.0. The van der Waals surface area contributed by atoms with Crippen LogP contribution in [0.1, 0.15) is 77.2 Å². The lowest BCUT2D eigenvalue weighted by molar-refractivity contribution is -0.131. The minimum atomic E-state index is -1.15. The standard InChI is InChI=1S/C38H50N2O5/c1-3-4-5-6-7-8-9-10-11-12-13-14-15-16-17-18-19-20-24-27-35(42)39-29-31-44-30-28-36(43)40-37-32-34(41)38(2,45-37)33-25-22-21-23-26-33/h4-5,7-8,10-11,13-14,16-17,19-23,25-26,32H,3,6,9,12,15,18,24,27-31H2,1-2H3,(H,39,42)(H,40,43)/b5-4-,8-7-,11-10-,14-13-,17-16-,20-19-. The molecule has 0 aliphatic carbocycles. The Morgan fingerprint density at radius 2 is 1.31 bits per heavy atom. The van der Waals surface area contributed by atoms with Crippen LogP contribution in [0.3, 0.4) is 0 Å². The zero-order chi connectivity index (χ0) is 32.4. The summed E-state index contributed by atoms with van der Waals surface area (Å²) < 4.78 is 11.2. The number of benzene rings is 1. The Morgan fingerprint density at radius 1 is 0.756 bits per heavy atom. The van der Waals surface area contributed by atoms with Crippen LogP contribution in [0.15, 0.2) is 115 Å². The van der Waals surface area contributed by atoms with Crippen LogP contribution in [0, 0.1) is 0 Å². The topological polar surface area (TPSA) is 93.7 Å². The summed E-state index contributed by atoms with van der Waals surface area (Å²) in [5, 5.41) is 5.44. The van der Waals surface area contributed by atoms with E-state index in [1.807, 2.05) is 36.4 Å². The number of hydrogen-bond donors (Lipinski definition) is 2. The monoisotopic (exact) mass is 614 g/mol. The predicted octanol–water partition coefficient (Wildman–Crippen LogP) is 7.46. The van der Waals surface area contributed by atoms with Crippen molar-refractivity contribution in [3.63, 3.8) is 0 Å². The summed E-state index contributed by atoms with van der Waals surface area (Å²) in [5.74, 6) is -0.438. The van der Waals surface area contributed by atoms with E-state index in [9.17, 15) is 14.4 Å². The summed E-state index contributed by atoms with van der Waals surface area (Å²) >= 11 is 0. The van der Waals surface area contributed by atoms with Gasteiger partial charge in [0.15, 0.2) is 11.5 Å². The molecule has 242 valence electrons. The number of carbonyl (C=O) groups is 3. The van der Waals surface area contributed by atoms with Crippen LogP contribution >= 0.6 is 0 Å². The first-order chi connectivity index (χ1) is 22.0. The highest BCUT2D eigenvalue weighted by Crippen LogP contribution is 2.33. The van der Waals surface area contributed by atoms with Gasteiger partial charge in [-0.2, -0.15) is 0 Å². The van der Waals surface area contributed by atoms with Crippen molar-refractivity contribution in [2.24, 2.45) is 0 Å². The second-order valence-electron chi connectivity index (χ2n) is 10.6. The lowest BCUT2D eigenvalue weighted by atomic mass is 9.92. The van der Waals surface area contributed by atoms with Crippen molar-refractivity contribution < 1.29 is 23.9 Å². The van der Waals surface area contributed by atoms with Gasteiger partial charge in [-0.25, -0.2) is 0 Å². The summed E-state index contributed by atoms with van der Waals surface area (Å²) in [5.41, 5.74) is -0.428. The van der Waals surface area contributed by atoms with Gasteiger partial charge in [-0.1, -0.05) is 110 Å². The van der Waals surface area contributed by atoms with Gasteiger partial charge < -0.3 is 14.8 Å². The van der Waals surface area contributed by atoms with Gasteiger partial charge in [0, 0.05) is 24.6 Å². The average Bonchev–Trinajstić information content (AvgIpc) is 3.33. The van der Waals surface area contributed by atoms with Crippen molar-refractivity contribution in [3.05, 3.63) is 121 Å². The first-order valence-corrected chi connectivity index (χ1v) is 16.0. The third-order valence-electron chi connectivity index (χ3n) is 6.81. The fraction of sp³-hybridized carbons (Fsp3) is 0.395. The van der Waals surface area contributed by atoms with Gasteiger partial charge in [-0.3, -0.25) is 19.7 Å². The van der Waals surface area contributed by atoms with Crippen molar-refractivity contribution in [3.8, 4) is 0 Å². The molecule has 0 spiro atoms. The van der Waals surface area contributed by atoms with E-state index in [1.165, 1.54) is 6.08 Å². The number of nitrogens with one attached hydrogen (secondary N) is 2. The van der Waals surface area contributed by atoms with E-state index in [0.717, 1.165) is 44.1 Å². The van der Waals surface area contributed by atoms with E-state index >= 15 is 0 Å². The third kappa shape index (κ3) is 16.4. The van der Waals surface area contributed by atoms with Crippen molar-refractivity contribution in [2.45, 2.75) is 77.2 Å². The molecule has 1 aliphatic heterocycles. The Bertz CT molecular complexity index is 1240. The molecule has 1 aliphatic rings. The maximum atomic E-state index is 12.5. The van der Waals surface area contributed by atoms with Crippen molar-refractivity contribution in [2.75, 3.05) is 19.8 Å². The van der Waals surface area contributed by atoms with Gasteiger partial charge in [0.25, 0.3) is 0 Å². The number of hydrogen-bond acceptors (Lipinski definition) is 5. The summed E-state index contributed by atoms with van der Waals surface area (Å²) in [6.45, 7) is 4.70. The molecule has 0 fully saturated rings. The molecule has 1 aromatic carbocycles. The first-order valence-electron chi connectivity index (χ1n) is 16.0. The summed E-state index contributed by atoms with van der Waals surface area (Å²) in [7, 11) is 0. The Balaban J connectivity index is 1.42. The van der Waals surface area contributed by atoms with Gasteiger partial charge in [0.05, 0.1) is 19.6 Å². The largest absolute Gasteiger partial charge is 0.459 e. The molecule has 1 heterocycles. The quantitative estimate of drug-likeness (QED) is 0.104. The summed E-state index contributed by atoms with van der Waals surface area (Å²) in [6.07, 6.45) is 34.2. The summed E-state index contributed by atoms with van der Waals surface area (Å²) in [6, 6.07) is 9.16. The van der Waals surface area contributed by atoms with Gasteiger partial charge in [0.1, 0.15) is 0 Å². The minimum absolute atomic E-state index is 0.0349. The maximum absolute atomic E-state index is 12.5. The highest BCUT2D eigenvalue weighted by atomic mass is 16.5. The average molecular weight is 615 g/mol. The van der Waals surface area contributed by atoms with Crippen molar-refractivity contribution in [1.82, 2.24) is 10.6 Å². The van der Waals surface area contributed by atoms with Crippen LogP contribution in [-0.4, -0.2) is 37.4 Å². The fourth-order valence-electron chi connectivity index (χ4n) is 4.25. The smallest absolute Gasteiger partial charge is 0.228 e. The lowest BCUT2D eigenvalue weighted by Gasteiger charge is -2.24. The molecule has 45 heavy (non-hydrogen) atoms. The van der Waals surface area contributed by atoms with Crippen molar-refractivity contribution >= 4 is 17.6 Å². The van der Waals surface area contributed by atoms with Crippen LogP contribution in [0.2, 0.25) is 0 Å².